The van der Waals surface area contributed by atoms with Crippen LogP contribution in [0.3, 0.4) is 0 Å². The molecule has 0 aliphatic carbocycles. The predicted octanol–water partition coefficient (Wildman–Crippen LogP) is 2.55. The lowest BCUT2D eigenvalue weighted by Crippen LogP contribution is -2.09. The van der Waals surface area contributed by atoms with Crippen molar-refractivity contribution in [3.63, 3.8) is 0 Å². The number of ether oxygens (including phenoxy) is 2. The number of hydrogen-bond donors (Lipinski definition) is 1. The summed E-state index contributed by atoms with van der Waals surface area (Å²) in [6, 6.07) is 10.1. The number of aromatic nitrogens is 1. The molecular weight excluding hydrogens is 258 g/mol. The molecular formula is C15H15NO4. The van der Waals surface area contributed by atoms with Crippen molar-refractivity contribution in [1.82, 2.24) is 4.98 Å². The molecule has 0 atom stereocenters. The fourth-order valence-corrected chi connectivity index (χ4v) is 1.58. The predicted molar refractivity (Wildman–Crippen MR) is 73.4 cm³/mol. The maximum absolute atomic E-state index is 10.8. The number of carboxylic acids is 1. The number of carbonyl (C=O) groups is 1. The van der Waals surface area contributed by atoms with Crippen LogP contribution in [0.5, 0.6) is 11.5 Å². The monoisotopic (exact) mass is 273 g/mol. The van der Waals surface area contributed by atoms with E-state index >= 15 is 0 Å². The van der Waals surface area contributed by atoms with E-state index in [1.54, 1.807) is 18.3 Å². The number of hydrogen-bond acceptors (Lipinski definition) is 4. The summed E-state index contributed by atoms with van der Waals surface area (Å²) in [4.78, 5) is 14.9. The Morgan fingerprint density at radius 1 is 1.15 bits per heavy atom. The van der Waals surface area contributed by atoms with Gasteiger partial charge in [0.05, 0.1) is 11.8 Å². The molecule has 5 heteroatoms. The van der Waals surface area contributed by atoms with Gasteiger partial charge >= 0.3 is 5.97 Å². The summed E-state index contributed by atoms with van der Waals surface area (Å²) in [6.07, 6.45) is 1.65. The average molecular weight is 273 g/mol. The van der Waals surface area contributed by atoms with E-state index in [4.69, 9.17) is 14.6 Å². The van der Waals surface area contributed by atoms with Crippen molar-refractivity contribution < 1.29 is 19.4 Å². The molecule has 0 radical (unpaired) electrons. The second-order valence-corrected chi connectivity index (χ2v) is 4.17. The Morgan fingerprint density at radius 3 is 2.55 bits per heavy atom. The molecule has 2 rings (SSSR count). The molecule has 1 aromatic heterocycles. The van der Waals surface area contributed by atoms with Crippen LogP contribution in [-0.2, 0) is 0 Å². The van der Waals surface area contributed by atoms with Crippen molar-refractivity contribution in [2.24, 2.45) is 0 Å². The molecule has 0 bridgehead atoms. The molecule has 5 nitrogen and oxygen atoms in total. The Morgan fingerprint density at radius 2 is 1.90 bits per heavy atom. The minimum absolute atomic E-state index is 0.200. The van der Waals surface area contributed by atoms with Crippen molar-refractivity contribution in [2.75, 3.05) is 13.2 Å². The SMILES string of the molecule is Cc1ccc(OCCOc2cccc(C(=O)O)c2)cn1. The molecule has 0 saturated heterocycles. The maximum Gasteiger partial charge on any atom is 0.335 e. The second-order valence-electron chi connectivity index (χ2n) is 4.17. The van der Waals surface area contributed by atoms with E-state index < -0.39 is 5.97 Å². The Bertz CT molecular complexity index is 581. The molecule has 0 saturated carbocycles. The van der Waals surface area contributed by atoms with Gasteiger partial charge < -0.3 is 14.6 Å². The molecule has 0 spiro atoms. The van der Waals surface area contributed by atoms with Crippen molar-refractivity contribution in [2.45, 2.75) is 6.92 Å². The van der Waals surface area contributed by atoms with Gasteiger partial charge in [-0.2, -0.15) is 0 Å². The quantitative estimate of drug-likeness (QED) is 0.819. The van der Waals surface area contributed by atoms with Crippen LogP contribution in [0.2, 0.25) is 0 Å². The number of benzene rings is 1. The Hall–Kier alpha value is -2.56. The Labute approximate surface area is 116 Å². The van der Waals surface area contributed by atoms with E-state index in [-0.39, 0.29) is 5.56 Å². The third-order valence-electron chi connectivity index (χ3n) is 2.59. The Balaban J connectivity index is 1.79. The summed E-state index contributed by atoms with van der Waals surface area (Å²) < 4.78 is 10.9. The average Bonchev–Trinajstić information content (AvgIpc) is 2.46. The first-order valence-electron chi connectivity index (χ1n) is 6.17. The van der Waals surface area contributed by atoms with Gasteiger partial charge in [-0.15, -0.1) is 0 Å². The van der Waals surface area contributed by atoms with Gasteiger partial charge in [0, 0.05) is 5.69 Å². The van der Waals surface area contributed by atoms with Crippen LogP contribution < -0.4 is 9.47 Å². The minimum atomic E-state index is -0.975. The lowest BCUT2D eigenvalue weighted by atomic mass is 10.2. The number of aromatic carboxylic acids is 1. The highest BCUT2D eigenvalue weighted by molar-refractivity contribution is 5.87. The van der Waals surface area contributed by atoms with Crippen LogP contribution in [0.1, 0.15) is 16.1 Å². The molecule has 0 unspecified atom stereocenters. The topological polar surface area (TPSA) is 68.7 Å². The smallest absolute Gasteiger partial charge is 0.335 e. The van der Waals surface area contributed by atoms with Crippen molar-refractivity contribution in [3.05, 3.63) is 53.9 Å². The van der Waals surface area contributed by atoms with Gasteiger partial charge in [0.1, 0.15) is 24.7 Å². The number of carboxylic acid groups (broad SMARTS) is 1. The molecule has 0 fully saturated rings. The number of aryl methyl sites for hydroxylation is 1. The molecule has 0 amide bonds. The van der Waals surface area contributed by atoms with Crippen LogP contribution in [-0.4, -0.2) is 29.3 Å². The largest absolute Gasteiger partial charge is 0.490 e. The normalized spacial score (nSPS) is 10.1. The molecule has 1 N–H and O–H groups in total. The second kappa shape index (κ2) is 6.56. The summed E-state index contributed by atoms with van der Waals surface area (Å²) in [5.74, 6) is 0.214. The lowest BCUT2D eigenvalue weighted by Gasteiger charge is -2.08. The van der Waals surface area contributed by atoms with Crippen LogP contribution in [0.4, 0.5) is 0 Å². The fraction of sp³-hybridized carbons (Fsp3) is 0.200. The number of nitrogens with zero attached hydrogens (tertiary/aromatic N) is 1. The minimum Gasteiger partial charge on any atom is -0.490 e. The zero-order valence-electron chi connectivity index (χ0n) is 11.1. The number of pyridine rings is 1. The third kappa shape index (κ3) is 3.98. The standard InChI is InChI=1S/C15H15NO4/c1-11-5-6-14(10-16-11)20-8-7-19-13-4-2-3-12(9-13)15(17)18/h2-6,9-10H,7-8H2,1H3,(H,17,18). The van der Waals surface area contributed by atoms with Gasteiger partial charge in [0.2, 0.25) is 0 Å². The molecule has 0 aliphatic heterocycles. The zero-order chi connectivity index (χ0) is 14.4. The van der Waals surface area contributed by atoms with Crippen molar-refractivity contribution in [3.8, 4) is 11.5 Å². The number of rotatable bonds is 6. The molecule has 1 aromatic carbocycles. The molecule has 2 aromatic rings. The van der Waals surface area contributed by atoms with Gasteiger partial charge in [-0.25, -0.2) is 4.79 Å². The third-order valence-corrected chi connectivity index (χ3v) is 2.59. The first kappa shape index (κ1) is 13.9. The van der Waals surface area contributed by atoms with Crippen LogP contribution in [0.15, 0.2) is 42.6 Å². The van der Waals surface area contributed by atoms with E-state index in [1.807, 2.05) is 19.1 Å². The van der Waals surface area contributed by atoms with Crippen molar-refractivity contribution >= 4 is 5.97 Å². The molecule has 1 heterocycles. The highest BCUT2D eigenvalue weighted by atomic mass is 16.5. The van der Waals surface area contributed by atoms with E-state index in [0.717, 1.165) is 5.69 Å². The van der Waals surface area contributed by atoms with Crippen molar-refractivity contribution in [1.29, 1.82) is 0 Å². The van der Waals surface area contributed by atoms with E-state index in [0.29, 0.717) is 24.7 Å². The summed E-state index contributed by atoms with van der Waals surface area (Å²) in [5, 5.41) is 8.86. The molecule has 0 aliphatic rings. The van der Waals surface area contributed by atoms with Gasteiger partial charge in [-0.05, 0) is 37.3 Å². The van der Waals surface area contributed by atoms with E-state index in [1.165, 1.54) is 12.1 Å². The van der Waals surface area contributed by atoms with E-state index in [2.05, 4.69) is 4.98 Å². The Kier molecular flexibility index (Phi) is 4.55. The summed E-state index contributed by atoms with van der Waals surface area (Å²) in [5.41, 5.74) is 1.13. The van der Waals surface area contributed by atoms with E-state index in [9.17, 15) is 4.79 Å². The first-order chi connectivity index (χ1) is 9.65. The van der Waals surface area contributed by atoms with Gasteiger partial charge in [-0.3, -0.25) is 4.98 Å². The van der Waals surface area contributed by atoms with Crippen LogP contribution in [0, 0.1) is 6.92 Å². The highest BCUT2D eigenvalue weighted by Gasteiger charge is 2.03. The van der Waals surface area contributed by atoms with Gasteiger partial charge in [-0.1, -0.05) is 6.07 Å². The summed E-state index contributed by atoms with van der Waals surface area (Å²) in [7, 11) is 0. The fourth-order valence-electron chi connectivity index (χ4n) is 1.58. The van der Waals surface area contributed by atoms with Gasteiger partial charge in [0.25, 0.3) is 0 Å². The zero-order valence-corrected chi connectivity index (χ0v) is 11.1. The highest BCUT2D eigenvalue weighted by Crippen LogP contribution is 2.13. The first-order valence-corrected chi connectivity index (χ1v) is 6.17. The molecule has 20 heavy (non-hydrogen) atoms. The maximum atomic E-state index is 10.8. The summed E-state index contributed by atoms with van der Waals surface area (Å²) in [6.45, 7) is 2.60. The van der Waals surface area contributed by atoms with Crippen LogP contribution >= 0.6 is 0 Å². The summed E-state index contributed by atoms with van der Waals surface area (Å²) >= 11 is 0. The lowest BCUT2D eigenvalue weighted by molar-refractivity contribution is 0.0696. The van der Waals surface area contributed by atoms with Crippen LogP contribution in [0.25, 0.3) is 0 Å². The van der Waals surface area contributed by atoms with Gasteiger partial charge in [0.15, 0.2) is 0 Å². The molecule has 104 valence electrons.